The zero-order valence-corrected chi connectivity index (χ0v) is 10.2. The summed E-state index contributed by atoms with van der Waals surface area (Å²) in [5, 5.41) is 9.37. The molecule has 0 spiro atoms. The van der Waals surface area contributed by atoms with E-state index in [2.05, 4.69) is 28.1 Å². The van der Waals surface area contributed by atoms with Gasteiger partial charge >= 0.3 is 5.97 Å². The Morgan fingerprint density at radius 2 is 1.87 bits per heavy atom. The molecule has 0 saturated carbocycles. The SMILES string of the molecule is O=C(O)CCCCc1ccccc1CBr. The maximum Gasteiger partial charge on any atom is 0.303 e. The van der Waals surface area contributed by atoms with Crippen molar-refractivity contribution in [2.75, 3.05) is 0 Å². The molecule has 0 fully saturated rings. The topological polar surface area (TPSA) is 37.3 Å². The van der Waals surface area contributed by atoms with Crippen molar-refractivity contribution in [3.05, 3.63) is 35.4 Å². The first-order chi connectivity index (χ1) is 7.24. The predicted molar refractivity (Wildman–Crippen MR) is 64.3 cm³/mol. The number of carbonyl (C=O) groups is 1. The lowest BCUT2D eigenvalue weighted by atomic mass is 10.0. The first-order valence-electron chi connectivity index (χ1n) is 5.08. The summed E-state index contributed by atoms with van der Waals surface area (Å²) in [6.45, 7) is 0. The largest absolute Gasteiger partial charge is 0.481 e. The van der Waals surface area contributed by atoms with E-state index in [1.54, 1.807) is 0 Å². The van der Waals surface area contributed by atoms with Crippen LogP contribution in [0.5, 0.6) is 0 Å². The van der Waals surface area contributed by atoms with Gasteiger partial charge in [0.15, 0.2) is 0 Å². The molecule has 0 aliphatic carbocycles. The first-order valence-corrected chi connectivity index (χ1v) is 6.20. The Kier molecular flexibility index (Phi) is 5.40. The third-order valence-corrected chi connectivity index (χ3v) is 2.95. The van der Waals surface area contributed by atoms with E-state index in [1.807, 2.05) is 12.1 Å². The summed E-state index contributed by atoms with van der Waals surface area (Å²) in [6, 6.07) is 8.26. The van der Waals surface area contributed by atoms with Crippen LogP contribution in [0.4, 0.5) is 0 Å². The number of rotatable bonds is 6. The molecule has 0 heterocycles. The van der Waals surface area contributed by atoms with Crippen molar-refractivity contribution in [3.8, 4) is 0 Å². The quantitative estimate of drug-likeness (QED) is 0.636. The van der Waals surface area contributed by atoms with Gasteiger partial charge in [0.05, 0.1) is 0 Å². The number of benzene rings is 1. The monoisotopic (exact) mass is 270 g/mol. The second-order valence-corrected chi connectivity index (χ2v) is 4.06. The average molecular weight is 271 g/mol. The standard InChI is InChI=1S/C12H15BrO2/c13-9-11-7-2-1-5-10(11)6-3-4-8-12(14)15/h1-2,5,7H,3-4,6,8-9H2,(H,14,15). The van der Waals surface area contributed by atoms with Gasteiger partial charge in [0.1, 0.15) is 0 Å². The van der Waals surface area contributed by atoms with Gasteiger partial charge in [-0.15, -0.1) is 0 Å². The molecule has 2 nitrogen and oxygen atoms in total. The van der Waals surface area contributed by atoms with E-state index in [1.165, 1.54) is 11.1 Å². The lowest BCUT2D eigenvalue weighted by molar-refractivity contribution is -0.137. The number of carboxylic acid groups (broad SMARTS) is 1. The lowest BCUT2D eigenvalue weighted by Gasteiger charge is -2.05. The number of halogens is 1. The maximum atomic E-state index is 10.3. The molecule has 3 heteroatoms. The summed E-state index contributed by atoms with van der Waals surface area (Å²) in [5.74, 6) is -0.705. The number of carboxylic acids is 1. The molecule has 0 atom stereocenters. The normalized spacial score (nSPS) is 10.2. The third kappa shape index (κ3) is 4.47. The van der Waals surface area contributed by atoms with Crippen LogP contribution in [0.1, 0.15) is 30.4 Å². The molecule has 0 amide bonds. The molecule has 0 aliphatic heterocycles. The fraction of sp³-hybridized carbons (Fsp3) is 0.417. The van der Waals surface area contributed by atoms with Gasteiger partial charge in [0, 0.05) is 11.8 Å². The zero-order valence-electron chi connectivity index (χ0n) is 8.58. The molecule has 0 unspecified atom stereocenters. The van der Waals surface area contributed by atoms with Crippen LogP contribution in [0, 0.1) is 0 Å². The summed E-state index contributed by atoms with van der Waals surface area (Å²) in [4.78, 5) is 10.3. The summed E-state index contributed by atoms with van der Waals surface area (Å²) in [6.07, 6.45) is 2.94. The van der Waals surface area contributed by atoms with E-state index in [0.717, 1.165) is 24.6 Å². The van der Waals surface area contributed by atoms with Gasteiger partial charge in [-0.2, -0.15) is 0 Å². The predicted octanol–water partition coefficient (Wildman–Crippen LogP) is 3.38. The van der Waals surface area contributed by atoms with Crippen LogP contribution < -0.4 is 0 Å². The molecule has 0 aliphatic rings. The van der Waals surface area contributed by atoms with E-state index < -0.39 is 5.97 Å². The van der Waals surface area contributed by atoms with Crippen LogP contribution in [-0.4, -0.2) is 11.1 Å². The van der Waals surface area contributed by atoms with Gasteiger partial charge in [-0.25, -0.2) is 0 Å². The van der Waals surface area contributed by atoms with Gasteiger partial charge in [0.25, 0.3) is 0 Å². The Bertz CT molecular complexity index is 323. The highest BCUT2D eigenvalue weighted by atomic mass is 79.9. The van der Waals surface area contributed by atoms with Crippen molar-refractivity contribution in [3.63, 3.8) is 0 Å². The van der Waals surface area contributed by atoms with Gasteiger partial charge < -0.3 is 5.11 Å². The van der Waals surface area contributed by atoms with E-state index in [4.69, 9.17) is 5.11 Å². The van der Waals surface area contributed by atoms with Crippen LogP contribution in [0.3, 0.4) is 0 Å². The highest BCUT2D eigenvalue weighted by molar-refractivity contribution is 9.08. The van der Waals surface area contributed by atoms with Crippen molar-refractivity contribution < 1.29 is 9.90 Å². The zero-order chi connectivity index (χ0) is 11.1. The smallest absolute Gasteiger partial charge is 0.303 e. The summed E-state index contributed by atoms with van der Waals surface area (Å²) in [7, 11) is 0. The molecule has 15 heavy (non-hydrogen) atoms. The van der Waals surface area contributed by atoms with Crippen molar-refractivity contribution in [2.45, 2.75) is 31.0 Å². The summed E-state index contributed by atoms with van der Waals surface area (Å²) in [5.41, 5.74) is 2.62. The van der Waals surface area contributed by atoms with Crippen LogP contribution in [-0.2, 0) is 16.5 Å². The number of alkyl halides is 1. The van der Waals surface area contributed by atoms with Crippen molar-refractivity contribution in [2.24, 2.45) is 0 Å². The molecule has 0 radical (unpaired) electrons. The van der Waals surface area contributed by atoms with Gasteiger partial charge in [0.2, 0.25) is 0 Å². The molecule has 0 bridgehead atoms. The van der Waals surface area contributed by atoms with E-state index >= 15 is 0 Å². The van der Waals surface area contributed by atoms with E-state index in [9.17, 15) is 4.79 Å². The number of hydrogen-bond donors (Lipinski definition) is 1. The minimum absolute atomic E-state index is 0.274. The van der Waals surface area contributed by atoms with Crippen molar-refractivity contribution >= 4 is 21.9 Å². The molecule has 1 aromatic carbocycles. The van der Waals surface area contributed by atoms with Gasteiger partial charge in [-0.1, -0.05) is 40.2 Å². The van der Waals surface area contributed by atoms with Crippen LogP contribution >= 0.6 is 15.9 Å². The van der Waals surface area contributed by atoms with E-state index in [-0.39, 0.29) is 6.42 Å². The van der Waals surface area contributed by atoms with E-state index in [0.29, 0.717) is 0 Å². The number of hydrogen-bond acceptors (Lipinski definition) is 1. The Labute approximate surface area is 98.4 Å². The van der Waals surface area contributed by atoms with Gasteiger partial charge in [-0.3, -0.25) is 4.79 Å². The molecule has 1 aromatic rings. The number of aryl methyl sites for hydroxylation is 1. The Balaban J connectivity index is 2.39. The highest BCUT2D eigenvalue weighted by Crippen LogP contribution is 2.15. The van der Waals surface area contributed by atoms with Crippen LogP contribution in [0.25, 0.3) is 0 Å². The summed E-state index contributed by atoms with van der Waals surface area (Å²) >= 11 is 3.45. The molecular weight excluding hydrogens is 256 g/mol. The fourth-order valence-electron chi connectivity index (χ4n) is 1.52. The van der Waals surface area contributed by atoms with Crippen molar-refractivity contribution in [1.29, 1.82) is 0 Å². The Hall–Kier alpha value is -0.830. The lowest BCUT2D eigenvalue weighted by Crippen LogP contribution is -1.96. The second-order valence-electron chi connectivity index (χ2n) is 3.50. The minimum Gasteiger partial charge on any atom is -0.481 e. The molecule has 0 aromatic heterocycles. The molecule has 0 saturated heterocycles. The number of unbranched alkanes of at least 4 members (excludes halogenated alkanes) is 1. The molecule has 1 N–H and O–H groups in total. The third-order valence-electron chi connectivity index (χ3n) is 2.35. The Morgan fingerprint density at radius 1 is 1.20 bits per heavy atom. The summed E-state index contributed by atoms with van der Waals surface area (Å²) < 4.78 is 0. The molecular formula is C12H15BrO2. The van der Waals surface area contributed by atoms with Crippen molar-refractivity contribution in [1.82, 2.24) is 0 Å². The average Bonchev–Trinajstić information content (AvgIpc) is 2.24. The Morgan fingerprint density at radius 3 is 2.47 bits per heavy atom. The maximum absolute atomic E-state index is 10.3. The van der Waals surface area contributed by atoms with Gasteiger partial charge in [-0.05, 0) is 30.4 Å². The molecule has 82 valence electrons. The van der Waals surface area contributed by atoms with Crippen LogP contribution in [0.15, 0.2) is 24.3 Å². The minimum atomic E-state index is -0.705. The van der Waals surface area contributed by atoms with Crippen LogP contribution in [0.2, 0.25) is 0 Å². The number of aliphatic carboxylic acids is 1. The second kappa shape index (κ2) is 6.62. The first kappa shape index (κ1) is 12.2. The highest BCUT2D eigenvalue weighted by Gasteiger charge is 2.01. The molecule has 1 rings (SSSR count). The fourth-order valence-corrected chi connectivity index (χ4v) is 2.07.